The summed E-state index contributed by atoms with van der Waals surface area (Å²) >= 11 is 0. The van der Waals surface area contributed by atoms with Crippen LogP contribution >= 0.6 is 0 Å². The number of hydrogen-bond acceptors (Lipinski definition) is 2. The third-order valence-corrected chi connectivity index (χ3v) is 4.78. The summed E-state index contributed by atoms with van der Waals surface area (Å²) in [6.07, 6.45) is 1.29. The maximum absolute atomic E-state index is 11.4. The molecule has 0 bridgehead atoms. The number of quaternary nitrogens is 1. The number of nitrogens with zero attached hydrogens (tertiary/aromatic N) is 1. The minimum Gasteiger partial charge on any atom is -0.329 e. The average molecular weight is 269 g/mol. The summed E-state index contributed by atoms with van der Waals surface area (Å²) in [5, 5.41) is 0. The first kappa shape index (κ1) is 13.5. The first-order valence-corrected chi connectivity index (χ1v) is 8.14. The lowest BCUT2D eigenvalue weighted by molar-refractivity contribution is -0.917. The molecule has 1 aliphatic rings. The van der Waals surface area contributed by atoms with E-state index >= 15 is 0 Å². The maximum Gasteiger partial charge on any atom is 0.211 e. The van der Waals surface area contributed by atoms with Crippen molar-refractivity contribution < 1.29 is 13.3 Å². The van der Waals surface area contributed by atoms with Crippen LogP contribution in [0, 0.1) is 6.92 Å². The van der Waals surface area contributed by atoms with Gasteiger partial charge in [-0.15, -0.1) is 0 Å². The largest absolute Gasteiger partial charge is 0.329 e. The van der Waals surface area contributed by atoms with Gasteiger partial charge in [-0.3, -0.25) is 0 Å². The molecule has 1 aliphatic heterocycles. The van der Waals surface area contributed by atoms with Crippen LogP contribution < -0.4 is 4.90 Å². The van der Waals surface area contributed by atoms with E-state index in [0.717, 1.165) is 19.6 Å². The average Bonchev–Trinajstić information content (AvgIpc) is 2.32. The normalized spacial score (nSPS) is 19.0. The highest BCUT2D eigenvalue weighted by atomic mass is 32.2. The Labute approximate surface area is 109 Å². The molecule has 0 amide bonds. The van der Waals surface area contributed by atoms with Crippen LogP contribution in [-0.2, 0) is 16.6 Å². The van der Waals surface area contributed by atoms with Gasteiger partial charge in [-0.2, -0.15) is 4.31 Å². The van der Waals surface area contributed by atoms with Gasteiger partial charge in [0.2, 0.25) is 10.0 Å². The molecule has 2 rings (SSSR count). The molecule has 18 heavy (non-hydrogen) atoms. The Balaban J connectivity index is 1.89. The predicted octanol–water partition coefficient (Wildman–Crippen LogP) is -0.345. The van der Waals surface area contributed by atoms with Crippen LogP contribution in [0.3, 0.4) is 0 Å². The smallest absolute Gasteiger partial charge is 0.211 e. The zero-order valence-electron chi connectivity index (χ0n) is 11.0. The van der Waals surface area contributed by atoms with Crippen LogP contribution in [0.15, 0.2) is 24.3 Å². The van der Waals surface area contributed by atoms with Crippen molar-refractivity contribution in [1.29, 1.82) is 0 Å². The van der Waals surface area contributed by atoms with Crippen LogP contribution in [0.4, 0.5) is 0 Å². The van der Waals surface area contributed by atoms with Gasteiger partial charge in [-0.25, -0.2) is 8.42 Å². The number of benzene rings is 1. The molecule has 0 unspecified atom stereocenters. The van der Waals surface area contributed by atoms with E-state index in [9.17, 15) is 8.42 Å². The minimum absolute atomic E-state index is 0.639. The van der Waals surface area contributed by atoms with Crippen molar-refractivity contribution in [3.05, 3.63) is 35.4 Å². The molecular formula is C13H21N2O2S+. The van der Waals surface area contributed by atoms with Gasteiger partial charge in [0.1, 0.15) is 6.54 Å². The summed E-state index contributed by atoms with van der Waals surface area (Å²) in [6.45, 7) is 6.13. The highest BCUT2D eigenvalue weighted by Gasteiger charge is 2.25. The number of aryl methyl sites for hydroxylation is 1. The van der Waals surface area contributed by atoms with E-state index in [-0.39, 0.29) is 0 Å². The Morgan fingerprint density at radius 3 is 2.22 bits per heavy atom. The lowest BCUT2D eigenvalue weighted by Gasteiger charge is -2.30. The molecule has 1 aromatic carbocycles. The van der Waals surface area contributed by atoms with E-state index in [2.05, 4.69) is 31.2 Å². The van der Waals surface area contributed by atoms with Crippen molar-refractivity contribution in [3.8, 4) is 0 Å². The highest BCUT2D eigenvalue weighted by molar-refractivity contribution is 7.88. The topological polar surface area (TPSA) is 41.8 Å². The van der Waals surface area contributed by atoms with Crippen molar-refractivity contribution >= 4 is 10.0 Å². The molecule has 1 N–H and O–H groups in total. The van der Waals surface area contributed by atoms with E-state index in [4.69, 9.17) is 0 Å². The highest BCUT2D eigenvalue weighted by Crippen LogP contribution is 2.02. The Hall–Kier alpha value is -0.910. The fourth-order valence-corrected chi connectivity index (χ4v) is 3.15. The molecule has 1 fully saturated rings. The number of rotatable bonds is 3. The van der Waals surface area contributed by atoms with Crippen LogP contribution in [-0.4, -0.2) is 45.2 Å². The molecule has 0 aliphatic carbocycles. The van der Waals surface area contributed by atoms with E-state index in [0.29, 0.717) is 13.1 Å². The molecule has 0 spiro atoms. The zero-order chi connectivity index (χ0) is 13.2. The number of hydrogen-bond donors (Lipinski definition) is 1. The van der Waals surface area contributed by atoms with Gasteiger partial charge >= 0.3 is 0 Å². The fourth-order valence-electron chi connectivity index (χ4n) is 2.31. The second kappa shape index (κ2) is 5.38. The van der Waals surface area contributed by atoms with E-state index in [1.165, 1.54) is 22.3 Å². The first-order valence-electron chi connectivity index (χ1n) is 6.29. The SMILES string of the molecule is Cc1ccc(C[NH+]2CCN(S(C)(=O)=O)CC2)cc1. The third-order valence-electron chi connectivity index (χ3n) is 3.47. The summed E-state index contributed by atoms with van der Waals surface area (Å²) in [5.74, 6) is 0. The van der Waals surface area contributed by atoms with Crippen LogP contribution in [0.25, 0.3) is 0 Å². The van der Waals surface area contributed by atoms with Gasteiger partial charge in [0.05, 0.1) is 32.4 Å². The lowest BCUT2D eigenvalue weighted by Crippen LogP contribution is -3.13. The van der Waals surface area contributed by atoms with Gasteiger partial charge in [-0.05, 0) is 6.92 Å². The van der Waals surface area contributed by atoms with Crippen LogP contribution in [0.2, 0.25) is 0 Å². The predicted molar refractivity (Wildman–Crippen MR) is 72.0 cm³/mol. The van der Waals surface area contributed by atoms with Gasteiger partial charge in [-0.1, -0.05) is 29.8 Å². The van der Waals surface area contributed by atoms with Crippen molar-refractivity contribution in [1.82, 2.24) is 4.31 Å². The van der Waals surface area contributed by atoms with Gasteiger partial charge < -0.3 is 4.90 Å². The molecule has 1 aromatic rings. The zero-order valence-corrected chi connectivity index (χ0v) is 11.8. The molecule has 0 saturated carbocycles. The molecule has 100 valence electrons. The second-order valence-corrected chi connectivity index (χ2v) is 7.06. The maximum atomic E-state index is 11.4. The quantitative estimate of drug-likeness (QED) is 0.815. The molecule has 1 saturated heterocycles. The Morgan fingerprint density at radius 2 is 1.72 bits per heavy atom. The number of piperazine rings is 1. The van der Waals surface area contributed by atoms with Crippen molar-refractivity contribution in [2.75, 3.05) is 32.4 Å². The molecule has 0 aromatic heterocycles. The van der Waals surface area contributed by atoms with E-state index in [1.807, 2.05) is 0 Å². The molecule has 0 radical (unpaired) electrons. The Bertz CT molecular complexity index is 488. The van der Waals surface area contributed by atoms with Gasteiger partial charge in [0.15, 0.2) is 0 Å². The molecule has 1 heterocycles. The molecule has 5 heteroatoms. The third kappa shape index (κ3) is 3.54. The Kier molecular flexibility index (Phi) is 4.04. The fraction of sp³-hybridized carbons (Fsp3) is 0.538. The van der Waals surface area contributed by atoms with E-state index < -0.39 is 10.0 Å². The number of sulfonamides is 1. The minimum atomic E-state index is -3.01. The summed E-state index contributed by atoms with van der Waals surface area (Å²) in [7, 11) is -3.01. The van der Waals surface area contributed by atoms with Gasteiger partial charge in [0, 0.05) is 5.56 Å². The monoisotopic (exact) mass is 269 g/mol. The molecule has 4 nitrogen and oxygen atoms in total. The van der Waals surface area contributed by atoms with Crippen molar-refractivity contribution in [2.45, 2.75) is 13.5 Å². The summed E-state index contributed by atoms with van der Waals surface area (Å²) in [4.78, 5) is 1.46. The summed E-state index contributed by atoms with van der Waals surface area (Å²) < 4.78 is 24.4. The van der Waals surface area contributed by atoms with E-state index in [1.54, 1.807) is 4.31 Å². The van der Waals surface area contributed by atoms with Crippen LogP contribution in [0.1, 0.15) is 11.1 Å². The van der Waals surface area contributed by atoms with Crippen molar-refractivity contribution in [3.63, 3.8) is 0 Å². The summed E-state index contributed by atoms with van der Waals surface area (Å²) in [5.41, 5.74) is 2.60. The summed E-state index contributed by atoms with van der Waals surface area (Å²) in [6, 6.07) is 8.57. The molecule has 0 atom stereocenters. The standard InChI is InChI=1S/C13H20N2O2S/c1-12-3-5-13(6-4-12)11-14-7-9-15(10-8-14)18(2,16)17/h3-6H,7-11H2,1-2H3/p+1. The Morgan fingerprint density at radius 1 is 1.17 bits per heavy atom. The lowest BCUT2D eigenvalue weighted by atomic mass is 10.1. The number of nitrogens with one attached hydrogen (secondary N) is 1. The molecular weight excluding hydrogens is 248 g/mol. The van der Waals surface area contributed by atoms with Crippen LogP contribution in [0.5, 0.6) is 0 Å². The van der Waals surface area contributed by atoms with Gasteiger partial charge in [0.25, 0.3) is 0 Å². The van der Waals surface area contributed by atoms with Crippen molar-refractivity contribution in [2.24, 2.45) is 0 Å². The second-order valence-electron chi connectivity index (χ2n) is 5.07. The first-order chi connectivity index (χ1) is 8.45.